The fourth-order valence-corrected chi connectivity index (χ4v) is 3.22. The molecule has 9 heteroatoms. The molecule has 1 fully saturated rings. The number of aliphatic hydroxyl groups is 1. The Kier molecular flexibility index (Phi) is 7.24. The summed E-state index contributed by atoms with van der Waals surface area (Å²) in [6, 6.07) is 7.27. The zero-order valence-electron chi connectivity index (χ0n) is 16.0. The molecular weight excluding hydrogens is 401 g/mol. The van der Waals surface area contributed by atoms with Crippen LogP contribution in [0, 0.1) is 5.82 Å². The summed E-state index contributed by atoms with van der Waals surface area (Å²) >= 11 is 5.82. The molecule has 1 aromatic heterocycles. The zero-order chi connectivity index (χ0) is 20.8. The maximum Gasteiger partial charge on any atom is 0.221 e. The van der Waals surface area contributed by atoms with Gasteiger partial charge in [0.05, 0.1) is 10.7 Å². The Morgan fingerprint density at radius 2 is 2.28 bits per heavy atom. The second kappa shape index (κ2) is 9.87. The lowest BCUT2D eigenvalue weighted by Gasteiger charge is -2.21. The van der Waals surface area contributed by atoms with Gasteiger partial charge in [0, 0.05) is 44.9 Å². The number of anilines is 1. The number of aliphatic hydroxyl groups excluding tert-OH is 1. The van der Waals surface area contributed by atoms with Gasteiger partial charge in [0.1, 0.15) is 30.4 Å². The average Bonchev–Trinajstić information content (AvgIpc) is 3.10. The van der Waals surface area contributed by atoms with Crippen molar-refractivity contribution in [1.82, 2.24) is 9.88 Å². The zero-order valence-corrected chi connectivity index (χ0v) is 16.7. The van der Waals surface area contributed by atoms with Gasteiger partial charge in [-0.3, -0.25) is 9.69 Å². The third-order valence-corrected chi connectivity index (χ3v) is 4.59. The summed E-state index contributed by atoms with van der Waals surface area (Å²) in [5.74, 6) is -0.0864. The quantitative estimate of drug-likeness (QED) is 0.679. The van der Waals surface area contributed by atoms with Gasteiger partial charge in [0.15, 0.2) is 0 Å². The number of nitrogens with one attached hydrogen (secondary N) is 1. The Bertz CT molecular complexity index is 837. The maximum atomic E-state index is 13.5. The third kappa shape index (κ3) is 6.56. The molecular formula is C20H23ClFN3O4. The molecule has 1 amide bonds. The second-order valence-corrected chi connectivity index (χ2v) is 7.33. The monoisotopic (exact) mass is 423 g/mol. The largest absolute Gasteiger partial charge is 0.489 e. The molecule has 2 aromatic rings. The Balaban J connectivity index is 1.46. The first-order valence-electron chi connectivity index (χ1n) is 9.27. The van der Waals surface area contributed by atoms with Gasteiger partial charge in [0.25, 0.3) is 0 Å². The molecule has 1 saturated heterocycles. The number of carbonyl (C=O) groups is 1. The van der Waals surface area contributed by atoms with Crippen molar-refractivity contribution in [3.63, 3.8) is 0 Å². The smallest absolute Gasteiger partial charge is 0.221 e. The van der Waals surface area contributed by atoms with Crippen molar-refractivity contribution in [1.29, 1.82) is 0 Å². The lowest BCUT2D eigenvalue weighted by molar-refractivity contribution is -0.114. The lowest BCUT2D eigenvalue weighted by Crippen LogP contribution is -2.35. The fourth-order valence-electron chi connectivity index (χ4n) is 3.11. The van der Waals surface area contributed by atoms with Crippen LogP contribution in [0.1, 0.15) is 13.3 Å². The second-order valence-electron chi connectivity index (χ2n) is 6.89. The number of likely N-dealkylation sites (tertiary alicyclic amines) is 1. The predicted octanol–water partition coefficient (Wildman–Crippen LogP) is 2.73. The van der Waals surface area contributed by atoms with Crippen molar-refractivity contribution in [2.45, 2.75) is 25.6 Å². The maximum absolute atomic E-state index is 13.5. The van der Waals surface area contributed by atoms with Crippen LogP contribution in [0.15, 0.2) is 36.5 Å². The van der Waals surface area contributed by atoms with Gasteiger partial charge in [-0.2, -0.15) is 0 Å². The molecule has 1 aromatic carbocycles. The SMILES string of the molecule is CC(=O)Nc1ccc(F)cc1OC[C@H](O)CN1CCC(Oc2ccc(Cl)cn2)C1. The van der Waals surface area contributed by atoms with Crippen molar-refractivity contribution in [3.05, 3.63) is 47.4 Å². The Morgan fingerprint density at radius 1 is 1.45 bits per heavy atom. The first kappa shape index (κ1) is 21.3. The van der Waals surface area contributed by atoms with E-state index < -0.39 is 11.9 Å². The number of hydrogen-bond donors (Lipinski definition) is 2. The molecule has 1 aliphatic heterocycles. The van der Waals surface area contributed by atoms with Crippen molar-refractivity contribution < 1.29 is 23.8 Å². The van der Waals surface area contributed by atoms with Gasteiger partial charge >= 0.3 is 0 Å². The standard InChI is InChI=1S/C20H23ClFN3O4/c1-13(26)24-18-4-3-15(22)8-19(18)28-12-16(27)10-25-7-6-17(11-25)29-20-5-2-14(21)9-23-20/h2-5,8-9,16-17,27H,6-7,10-12H2,1H3,(H,24,26)/t16-,17?/m1/s1. The summed E-state index contributed by atoms with van der Waals surface area (Å²) in [6.07, 6.45) is 1.54. The summed E-state index contributed by atoms with van der Waals surface area (Å²) in [5, 5.41) is 13.4. The molecule has 2 atom stereocenters. The summed E-state index contributed by atoms with van der Waals surface area (Å²) in [7, 11) is 0. The van der Waals surface area contributed by atoms with E-state index in [1.807, 2.05) is 0 Å². The number of benzene rings is 1. The topological polar surface area (TPSA) is 83.9 Å². The van der Waals surface area contributed by atoms with Crippen LogP contribution in [0.4, 0.5) is 10.1 Å². The molecule has 0 spiro atoms. The highest BCUT2D eigenvalue weighted by molar-refractivity contribution is 6.30. The van der Waals surface area contributed by atoms with E-state index in [4.69, 9.17) is 21.1 Å². The summed E-state index contributed by atoms with van der Waals surface area (Å²) in [5.41, 5.74) is 0.358. The molecule has 29 heavy (non-hydrogen) atoms. The number of rotatable bonds is 8. The van der Waals surface area contributed by atoms with Crippen LogP contribution < -0.4 is 14.8 Å². The Morgan fingerprint density at radius 3 is 3.00 bits per heavy atom. The van der Waals surface area contributed by atoms with E-state index in [0.29, 0.717) is 29.7 Å². The minimum Gasteiger partial charge on any atom is -0.489 e. The number of nitrogens with zero attached hydrogens (tertiary/aromatic N) is 2. The third-order valence-electron chi connectivity index (χ3n) is 4.37. The number of carbonyl (C=O) groups excluding carboxylic acids is 1. The minimum absolute atomic E-state index is 0.0219. The first-order chi connectivity index (χ1) is 13.9. The number of ether oxygens (including phenoxy) is 2. The molecule has 2 heterocycles. The number of halogens is 2. The van der Waals surface area contributed by atoms with Crippen LogP contribution in [-0.4, -0.2) is 59.3 Å². The van der Waals surface area contributed by atoms with E-state index in [1.54, 1.807) is 12.1 Å². The van der Waals surface area contributed by atoms with Crippen LogP contribution in [0.2, 0.25) is 5.02 Å². The van der Waals surface area contributed by atoms with Gasteiger partial charge in [0.2, 0.25) is 11.8 Å². The molecule has 0 aliphatic carbocycles. The number of aromatic nitrogens is 1. The molecule has 0 radical (unpaired) electrons. The van der Waals surface area contributed by atoms with Crippen LogP contribution in [0.3, 0.4) is 0 Å². The predicted molar refractivity (Wildman–Crippen MR) is 107 cm³/mol. The van der Waals surface area contributed by atoms with Gasteiger partial charge in [-0.05, 0) is 24.6 Å². The van der Waals surface area contributed by atoms with E-state index in [1.165, 1.54) is 31.3 Å². The van der Waals surface area contributed by atoms with Crippen LogP contribution in [0.25, 0.3) is 0 Å². The number of hydrogen-bond acceptors (Lipinski definition) is 6. The van der Waals surface area contributed by atoms with Crippen molar-refractivity contribution >= 4 is 23.2 Å². The molecule has 1 unspecified atom stereocenters. The molecule has 1 aliphatic rings. The Hall–Kier alpha value is -2.42. The number of β-amino-alcohol motifs (C(OH)–C–C–N with tert-alkyl or cyclic N) is 1. The van der Waals surface area contributed by atoms with E-state index >= 15 is 0 Å². The van der Waals surface area contributed by atoms with E-state index in [9.17, 15) is 14.3 Å². The highest BCUT2D eigenvalue weighted by Gasteiger charge is 2.26. The molecule has 156 valence electrons. The van der Waals surface area contributed by atoms with Gasteiger partial charge < -0.3 is 19.9 Å². The summed E-state index contributed by atoms with van der Waals surface area (Å²) in [6.45, 7) is 3.13. The van der Waals surface area contributed by atoms with Crippen LogP contribution >= 0.6 is 11.6 Å². The van der Waals surface area contributed by atoms with Gasteiger partial charge in [-0.15, -0.1) is 0 Å². The van der Waals surface area contributed by atoms with Crippen molar-refractivity contribution in [2.24, 2.45) is 0 Å². The van der Waals surface area contributed by atoms with E-state index in [0.717, 1.165) is 13.0 Å². The fraction of sp³-hybridized carbons (Fsp3) is 0.400. The number of amides is 1. The van der Waals surface area contributed by atoms with Crippen LogP contribution in [-0.2, 0) is 4.79 Å². The summed E-state index contributed by atoms with van der Waals surface area (Å²) < 4.78 is 24.9. The molecule has 2 N–H and O–H groups in total. The van der Waals surface area contributed by atoms with Crippen molar-refractivity contribution in [3.8, 4) is 11.6 Å². The summed E-state index contributed by atoms with van der Waals surface area (Å²) in [4.78, 5) is 17.4. The Labute approximate surface area is 173 Å². The molecule has 7 nitrogen and oxygen atoms in total. The van der Waals surface area contributed by atoms with E-state index in [2.05, 4.69) is 15.2 Å². The van der Waals surface area contributed by atoms with Crippen molar-refractivity contribution in [2.75, 3.05) is 31.6 Å². The average molecular weight is 424 g/mol. The lowest BCUT2D eigenvalue weighted by atomic mass is 10.2. The minimum atomic E-state index is -0.782. The van der Waals surface area contributed by atoms with E-state index in [-0.39, 0.29) is 24.4 Å². The normalized spacial score (nSPS) is 17.7. The van der Waals surface area contributed by atoms with Gasteiger partial charge in [-0.1, -0.05) is 11.6 Å². The molecule has 3 rings (SSSR count). The number of pyridine rings is 1. The molecule has 0 bridgehead atoms. The molecule has 0 saturated carbocycles. The highest BCUT2D eigenvalue weighted by Crippen LogP contribution is 2.26. The van der Waals surface area contributed by atoms with Crippen LogP contribution in [0.5, 0.6) is 11.6 Å². The first-order valence-corrected chi connectivity index (χ1v) is 9.65. The van der Waals surface area contributed by atoms with Gasteiger partial charge in [-0.25, -0.2) is 9.37 Å². The highest BCUT2D eigenvalue weighted by atomic mass is 35.5.